The summed E-state index contributed by atoms with van der Waals surface area (Å²) >= 11 is 0. The van der Waals surface area contributed by atoms with Crippen molar-refractivity contribution in [2.45, 2.75) is 39.2 Å². The molecule has 1 atom stereocenters. The van der Waals surface area contributed by atoms with Gasteiger partial charge in [0.25, 0.3) is 0 Å². The number of aryl methyl sites for hydroxylation is 2. The van der Waals surface area contributed by atoms with E-state index in [0.717, 1.165) is 41.7 Å². The van der Waals surface area contributed by atoms with Gasteiger partial charge in [0.1, 0.15) is 6.10 Å². The zero-order valence-electron chi connectivity index (χ0n) is 16.4. The molecule has 0 bridgehead atoms. The Bertz CT molecular complexity index is 977. The molecule has 4 rings (SSSR count). The molecule has 5 nitrogen and oxygen atoms in total. The zero-order chi connectivity index (χ0) is 19.5. The second-order valence-electron chi connectivity index (χ2n) is 7.47. The predicted molar refractivity (Wildman–Crippen MR) is 109 cm³/mol. The molecule has 1 aliphatic heterocycles. The third-order valence-corrected chi connectivity index (χ3v) is 5.19. The van der Waals surface area contributed by atoms with Crippen LogP contribution in [0, 0.1) is 13.8 Å². The monoisotopic (exact) mass is 375 g/mol. The maximum Gasteiger partial charge on any atom is 0.317 e. The molecule has 0 N–H and O–H groups in total. The van der Waals surface area contributed by atoms with E-state index in [1.807, 2.05) is 49.1 Å². The summed E-state index contributed by atoms with van der Waals surface area (Å²) in [7, 11) is 0. The number of benzene rings is 2. The van der Waals surface area contributed by atoms with Crippen molar-refractivity contribution in [1.29, 1.82) is 0 Å². The molecule has 0 spiro atoms. The van der Waals surface area contributed by atoms with Gasteiger partial charge in [0.05, 0.1) is 13.0 Å². The first-order valence-corrected chi connectivity index (χ1v) is 9.82. The van der Waals surface area contributed by atoms with Gasteiger partial charge in [-0.05, 0) is 49.1 Å². The second-order valence-corrected chi connectivity index (χ2v) is 7.47. The molecule has 0 unspecified atom stereocenters. The van der Waals surface area contributed by atoms with Gasteiger partial charge in [0.2, 0.25) is 5.91 Å². The molecule has 1 saturated heterocycles. The van der Waals surface area contributed by atoms with E-state index in [4.69, 9.17) is 4.74 Å². The van der Waals surface area contributed by atoms with E-state index >= 15 is 0 Å². The van der Waals surface area contributed by atoms with Crippen LogP contribution >= 0.6 is 0 Å². The summed E-state index contributed by atoms with van der Waals surface area (Å²) in [5, 5.41) is 2.31. The number of carbonyl (C=O) groups excluding carboxylic acids is 1. The average molecular weight is 375 g/mol. The van der Waals surface area contributed by atoms with Crippen molar-refractivity contribution >= 4 is 16.7 Å². The highest BCUT2D eigenvalue weighted by Crippen LogP contribution is 2.21. The van der Waals surface area contributed by atoms with Crippen molar-refractivity contribution in [3.63, 3.8) is 0 Å². The van der Waals surface area contributed by atoms with Gasteiger partial charge in [-0.2, -0.15) is 0 Å². The molecule has 0 aliphatic carbocycles. The minimum absolute atomic E-state index is 0.0635. The summed E-state index contributed by atoms with van der Waals surface area (Å²) in [6.07, 6.45) is 2.19. The lowest BCUT2D eigenvalue weighted by Gasteiger charge is -2.32. The lowest BCUT2D eigenvalue weighted by Crippen LogP contribution is -2.45. The highest BCUT2D eigenvalue weighted by Gasteiger charge is 2.26. The van der Waals surface area contributed by atoms with Crippen LogP contribution in [0.5, 0.6) is 6.01 Å². The van der Waals surface area contributed by atoms with E-state index in [9.17, 15) is 4.79 Å². The first kappa shape index (κ1) is 18.4. The molecular weight excluding hydrogens is 350 g/mol. The number of likely N-dealkylation sites (tertiary alicyclic amines) is 1. The standard InChI is InChI=1S/C23H25N3O2/c1-16-13-17(2)25-23(24-16)28-20-10-6-12-26(15-20)22(27)14-19-9-5-8-18-7-3-4-11-21(18)19/h3-5,7-9,11,13,20H,6,10,12,14-15H2,1-2H3/t20-/m1/s1. The quantitative estimate of drug-likeness (QED) is 0.695. The number of fused-ring (bicyclic) bond motifs is 1. The van der Waals surface area contributed by atoms with Crippen LogP contribution in [0.2, 0.25) is 0 Å². The molecule has 0 radical (unpaired) electrons. The van der Waals surface area contributed by atoms with Crippen LogP contribution < -0.4 is 4.74 Å². The van der Waals surface area contributed by atoms with Gasteiger partial charge < -0.3 is 9.64 Å². The fourth-order valence-corrected chi connectivity index (χ4v) is 3.88. The number of hydrogen-bond acceptors (Lipinski definition) is 4. The van der Waals surface area contributed by atoms with Crippen LogP contribution in [-0.4, -0.2) is 40.0 Å². The van der Waals surface area contributed by atoms with E-state index in [1.165, 1.54) is 5.39 Å². The highest BCUT2D eigenvalue weighted by molar-refractivity contribution is 5.90. The van der Waals surface area contributed by atoms with Crippen LogP contribution in [-0.2, 0) is 11.2 Å². The summed E-state index contributed by atoms with van der Waals surface area (Å²) in [4.78, 5) is 23.6. The van der Waals surface area contributed by atoms with Crippen molar-refractivity contribution in [1.82, 2.24) is 14.9 Å². The maximum absolute atomic E-state index is 13.0. The molecule has 28 heavy (non-hydrogen) atoms. The molecule has 1 fully saturated rings. The predicted octanol–water partition coefficient (Wildman–Crippen LogP) is 3.86. The average Bonchev–Trinajstić information content (AvgIpc) is 2.68. The fraction of sp³-hybridized carbons (Fsp3) is 0.348. The summed E-state index contributed by atoms with van der Waals surface area (Å²) in [6.45, 7) is 5.22. The van der Waals surface area contributed by atoms with E-state index in [-0.39, 0.29) is 12.0 Å². The maximum atomic E-state index is 13.0. The van der Waals surface area contributed by atoms with Gasteiger partial charge >= 0.3 is 6.01 Å². The molecule has 1 aromatic heterocycles. The first-order chi connectivity index (χ1) is 13.6. The smallest absolute Gasteiger partial charge is 0.317 e. The second kappa shape index (κ2) is 7.97. The fourth-order valence-electron chi connectivity index (χ4n) is 3.88. The first-order valence-electron chi connectivity index (χ1n) is 9.82. The number of rotatable bonds is 4. The minimum atomic E-state index is -0.0635. The Balaban J connectivity index is 1.44. The van der Waals surface area contributed by atoms with Gasteiger partial charge in [0.15, 0.2) is 0 Å². The van der Waals surface area contributed by atoms with Crippen molar-refractivity contribution < 1.29 is 9.53 Å². The zero-order valence-corrected chi connectivity index (χ0v) is 16.4. The molecule has 2 aromatic carbocycles. The van der Waals surface area contributed by atoms with Crippen LogP contribution in [0.1, 0.15) is 29.8 Å². The number of piperidine rings is 1. The Morgan fingerprint density at radius 1 is 1.11 bits per heavy atom. The number of carbonyl (C=O) groups is 1. The normalized spacial score (nSPS) is 16.9. The molecule has 3 aromatic rings. The summed E-state index contributed by atoms with van der Waals surface area (Å²) in [5.41, 5.74) is 2.85. The number of hydrogen-bond donors (Lipinski definition) is 0. The molecule has 0 saturated carbocycles. The third-order valence-electron chi connectivity index (χ3n) is 5.19. The van der Waals surface area contributed by atoms with Crippen molar-refractivity contribution in [3.05, 3.63) is 65.5 Å². The number of aromatic nitrogens is 2. The highest BCUT2D eigenvalue weighted by atomic mass is 16.5. The number of ether oxygens (including phenoxy) is 1. The summed E-state index contributed by atoms with van der Waals surface area (Å²) in [6, 6.07) is 16.7. The Morgan fingerprint density at radius 2 is 1.86 bits per heavy atom. The van der Waals surface area contributed by atoms with Crippen molar-refractivity contribution in [2.75, 3.05) is 13.1 Å². The molecule has 2 heterocycles. The van der Waals surface area contributed by atoms with Crippen molar-refractivity contribution in [2.24, 2.45) is 0 Å². The van der Waals surface area contributed by atoms with Gasteiger partial charge in [-0.1, -0.05) is 42.5 Å². The van der Waals surface area contributed by atoms with Crippen LogP contribution in [0.25, 0.3) is 10.8 Å². The van der Waals surface area contributed by atoms with E-state index in [1.54, 1.807) is 0 Å². The van der Waals surface area contributed by atoms with Gasteiger partial charge in [-0.15, -0.1) is 0 Å². The van der Waals surface area contributed by atoms with E-state index in [2.05, 4.69) is 28.2 Å². The molecular formula is C23H25N3O2. The van der Waals surface area contributed by atoms with E-state index in [0.29, 0.717) is 19.0 Å². The van der Waals surface area contributed by atoms with Gasteiger partial charge in [-0.25, -0.2) is 9.97 Å². The Labute approximate surface area is 165 Å². The molecule has 1 amide bonds. The lowest BCUT2D eigenvalue weighted by atomic mass is 10.0. The topological polar surface area (TPSA) is 55.3 Å². The SMILES string of the molecule is Cc1cc(C)nc(O[C@@H]2CCCN(C(=O)Cc3cccc4ccccc34)C2)n1. The largest absolute Gasteiger partial charge is 0.458 e. The summed E-state index contributed by atoms with van der Waals surface area (Å²) in [5.74, 6) is 0.144. The van der Waals surface area contributed by atoms with Crippen LogP contribution in [0.3, 0.4) is 0 Å². The van der Waals surface area contributed by atoms with Crippen LogP contribution in [0.4, 0.5) is 0 Å². The lowest BCUT2D eigenvalue weighted by molar-refractivity contribution is -0.133. The van der Waals surface area contributed by atoms with Gasteiger partial charge in [0, 0.05) is 17.9 Å². The number of nitrogens with zero attached hydrogens (tertiary/aromatic N) is 3. The Kier molecular flexibility index (Phi) is 5.24. The molecule has 5 heteroatoms. The number of amides is 1. The summed E-state index contributed by atoms with van der Waals surface area (Å²) < 4.78 is 6.00. The Morgan fingerprint density at radius 3 is 2.68 bits per heavy atom. The third kappa shape index (κ3) is 4.14. The Hall–Kier alpha value is -2.95. The van der Waals surface area contributed by atoms with Gasteiger partial charge in [-0.3, -0.25) is 4.79 Å². The minimum Gasteiger partial charge on any atom is -0.458 e. The van der Waals surface area contributed by atoms with E-state index < -0.39 is 0 Å². The van der Waals surface area contributed by atoms with Crippen molar-refractivity contribution in [3.8, 4) is 6.01 Å². The van der Waals surface area contributed by atoms with Crippen LogP contribution in [0.15, 0.2) is 48.5 Å². The molecule has 144 valence electrons. The molecule has 1 aliphatic rings.